The number of hydrogen-bond acceptors (Lipinski definition) is 6. The first kappa shape index (κ1) is 23.2. The van der Waals surface area contributed by atoms with Crippen LogP contribution < -0.4 is 5.32 Å². The topological polar surface area (TPSA) is 97.3 Å². The lowest BCUT2D eigenvalue weighted by molar-refractivity contribution is -0.127. The number of likely N-dealkylation sites (tertiary alicyclic amines) is 1. The molecule has 0 aromatic carbocycles. The third kappa shape index (κ3) is 5.18. The lowest BCUT2D eigenvalue weighted by atomic mass is 9.90. The Balaban J connectivity index is 1.60. The number of nitriles is 1. The molecule has 2 fully saturated rings. The lowest BCUT2D eigenvalue weighted by Crippen LogP contribution is -2.50. The Morgan fingerprint density at radius 1 is 1.42 bits per heavy atom. The summed E-state index contributed by atoms with van der Waals surface area (Å²) < 4.78 is 20.5. The van der Waals surface area contributed by atoms with Gasteiger partial charge >= 0.3 is 0 Å². The van der Waals surface area contributed by atoms with E-state index >= 15 is 0 Å². The minimum atomic E-state index is -1.12. The van der Waals surface area contributed by atoms with Crippen LogP contribution in [0.4, 0.5) is 10.1 Å². The van der Waals surface area contributed by atoms with E-state index in [1.54, 1.807) is 11.0 Å². The molecule has 176 valence electrons. The Hall–Kier alpha value is -2.96. The first-order valence-corrected chi connectivity index (χ1v) is 11.5. The van der Waals surface area contributed by atoms with Crippen LogP contribution in [0.2, 0.25) is 0 Å². The van der Waals surface area contributed by atoms with Gasteiger partial charge in [-0.25, -0.2) is 9.37 Å². The van der Waals surface area contributed by atoms with E-state index < -0.39 is 12.2 Å². The number of pyridine rings is 1. The van der Waals surface area contributed by atoms with Crippen LogP contribution in [0.15, 0.2) is 24.5 Å². The monoisotopic (exact) mass is 454 g/mol. The molecule has 2 aliphatic rings. The molecule has 0 bridgehead atoms. The van der Waals surface area contributed by atoms with Gasteiger partial charge in [-0.2, -0.15) is 5.26 Å². The van der Waals surface area contributed by atoms with Gasteiger partial charge in [-0.1, -0.05) is 6.08 Å². The Kier molecular flexibility index (Phi) is 7.26. The summed E-state index contributed by atoms with van der Waals surface area (Å²) in [5, 5.41) is 13.9. The number of likely N-dealkylation sites (N-methyl/N-ethyl adjacent to an activating group) is 1. The minimum absolute atomic E-state index is 0.125. The third-order valence-corrected chi connectivity index (χ3v) is 6.41. The van der Waals surface area contributed by atoms with Crippen molar-refractivity contribution in [3.63, 3.8) is 0 Å². The van der Waals surface area contributed by atoms with Gasteiger partial charge in [0.15, 0.2) is 0 Å². The number of piperidine rings is 1. The van der Waals surface area contributed by atoms with Crippen molar-refractivity contribution in [2.75, 3.05) is 52.3 Å². The van der Waals surface area contributed by atoms with E-state index in [1.165, 1.54) is 6.20 Å². The van der Waals surface area contributed by atoms with Crippen LogP contribution in [0.5, 0.6) is 0 Å². The summed E-state index contributed by atoms with van der Waals surface area (Å²) in [5.74, 6) is 0.164. The number of alkyl halides is 1. The van der Waals surface area contributed by atoms with Crippen LogP contribution in [0.1, 0.15) is 36.3 Å². The molecule has 9 heteroatoms. The normalized spacial score (nSPS) is 22.2. The number of H-pyrrole nitrogens is 1. The van der Waals surface area contributed by atoms with Gasteiger partial charge in [0.25, 0.3) is 0 Å². The molecule has 2 N–H and O–H groups in total. The number of amides is 1. The Morgan fingerprint density at radius 3 is 2.94 bits per heavy atom. The van der Waals surface area contributed by atoms with E-state index in [-0.39, 0.29) is 24.8 Å². The average Bonchev–Trinajstić information content (AvgIpc) is 3.25. The molecule has 0 unspecified atom stereocenters. The molecule has 8 nitrogen and oxygen atoms in total. The van der Waals surface area contributed by atoms with Gasteiger partial charge in [-0.3, -0.25) is 4.79 Å². The summed E-state index contributed by atoms with van der Waals surface area (Å²) in [6.07, 6.45) is 7.72. The number of anilines is 1. The molecule has 0 saturated carbocycles. The Labute approximate surface area is 193 Å². The SMILES string of the molecule is CN(C)C/C=C/C(=O)N1CC[C@H](F)[C@@H](Nc2c(C#N)cnc3[nH]cc(C4CCOCC4)c23)C1. The van der Waals surface area contributed by atoms with E-state index in [4.69, 9.17) is 4.74 Å². The summed E-state index contributed by atoms with van der Waals surface area (Å²) in [7, 11) is 3.86. The maximum Gasteiger partial charge on any atom is 0.246 e. The summed E-state index contributed by atoms with van der Waals surface area (Å²) >= 11 is 0. The summed E-state index contributed by atoms with van der Waals surface area (Å²) in [4.78, 5) is 23.9. The number of fused-ring (bicyclic) bond motifs is 1. The number of carbonyl (C=O) groups is 1. The fraction of sp³-hybridized carbons (Fsp3) is 0.542. The maximum atomic E-state index is 15.0. The highest BCUT2D eigenvalue weighted by Gasteiger charge is 2.32. The van der Waals surface area contributed by atoms with Gasteiger partial charge in [0.1, 0.15) is 17.9 Å². The summed E-state index contributed by atoms with van der Waals surface area (Å²) in [6.45, 7) is 2.66. The zero-order valence-electron chi connectivity index (χ0n) is 19.2. The van der Waals surface area contributed by atoms with Crippen molar-refractivity contribution in [2.24, 2.45) is 0 Å². The molecule has 4 heterocycles. The highest BCUT2D eigenvalue weighted by atomic mass is 19.1. The van der Waals surface area contributed by atoms with Crippen molar-refractivity contribution in [3.8, 4) is 6.07 Å². The quantitative estimate of drug-likeness (QED) is 0.652. The number of aromatic amines is 1. The fourth-order valence-corrected chi connectivity index (χ4v) is 4.60. The predicted octanol–water partition coefficient (Wildman–Crippen LogP) is 2.80. The molecule has 2 aliphatic heterocycles. The highest BCUT2D eigenvalue weighted by Crippen LogP contribution is 2.37. The maximum absolute atomic E-state index is 15.0. The van der Waals surface area contributed by atoms with Gasteiger partial charge < -0.3 is 24.8 Å². The largest absolute Gasteiger partial charge is 0.381 e. The van der Waals surface area contributed by atoms with Crippen molar-refractivity contribution in [1.82, 2.24) is 19.8 Å². The Bertz CT molecular complexity index is 1050. The number of aromatic nitrogens is 2. The molecule has 0 aliphatic carbocycles. The minimum Gasteiger partial charge on any atom is -0.381 e. The first-order valence-electron chi connectivity index (χ1n) is 11.5. The van der Waals surface area contributed by atoms with Crippen LogP contribution in [0, 0.1) is 11.3 Å². The van der Waals surface area contributed by atoms with E-state index in [1.807, 2.05) is 31.3 Å². The standard InChI is InChI=1S/C24H31FN6O2/c1-30(2)8-3-4-21(32)31-9-5-19(25)20(15-31)29-23-17(12-26)13-27-24-22(23)18(14-28-24)16-6-10-33-11-7-16/h3-4,13-14,16,19-20H,5-11,15H2,1-2H3,(H2,27,28,29)/b4-3+/t19-,20-/m0/s1. The predicted molar refractivity (Wildman–Crippen MR) is 125 cm³/mol. The molecular weight excluding hydrogens is 423 g/mol. The summed E-state index contributed by atoms with van der Waals surface area (Å²) in [5.41, 5.74) is 2.71. The van der Waals surface area contributed by atoms with Gasteiger partial charge in [-0.05, 0) is 44.8 Å². The molecule has 4 rings (SSSR count). The molecule has 2 aromatic heterocycles. The molecule has 0 radical (unpaired) electrons. The van der Waals surface area contributed by atoms with E-state index in [0.29, 0.717) is 43.2 Å². The molecule has 0 spiro atoms. The highest BCUT2D eigenvalue weighted by molar-refractivity contribution is 5.96. The lowest BCUT2D eigenvalue weighted by Gasteiger charge is -2.36. The smallest absolute Gasteiger partial charge is 0.246 e. The van der Waals surface area contributed by atoms with Crippen LogP contribution in [-0.4, -0.2) is 84.8 Å². The molecule has 33 heavy (non-hydrogen) atoms. The van der Waals surface area contributed by atoms with Crippen LogP contribution in [0.25, 0.3) is 11.0 Å². The van der Waals surface area contributed by atoms with E-state index in [9.17, 15) is 14.4 Å². The number of nitrogens with zero attached hydrogens (tertiary/aromatic N) is 4. The van der Waals surface area contributed by atoms with Gasteiger partial charge in [0.05, 0.1) is 17.3 Å². The number of halogens is 1. The zero-order valence-corrected chi connectivity index (χ0v) is 19.2. The Morgan fingerprint density at radius 2 is 2.21 bits per heavy atom. The molecular formula is C24H31FN6O2. The number of ether oxygens (including phenoxy) is 1. The summed E-state index contributed by atoms with van der Waals surface area (Å²) in [6, 6.07) is 1.59. The third-order valence-electron chi connectivity index (χ3n) is 6.41. The number of carbonyl (C=O) groups excluding carboxylic acids is 1. The first-order chi connectivity index (χ1) is 16.0. The molecule has 2 saturated heterocycles. The van der Waals surface area contributed by atoms with Crippen molar-refractivity contribution in [3.05, 3.63) is 35.7 Å². The molecule has 1 amide bonds. The number of nitrogens with one attached hydrogen (secondary N) is 2. The second-order valence-electron chi connectivity index (χ2n) is 9.02. The van der Waals surface area contributed by atoms with E-state index in [2.05, 4.69) is 21.4 Å². The average molecular weight is 455 g/mol. The van der Waals surface area contributed by atoms with Gasteiger partial charge in [-0.15, -0.1) is 0 Å². The molecule has 2 aromatic rings. The number of hydrogen-bond donors (Lipinski definition) is 2. The van der Waals surface area contributed by atoms with Gasteiger partial charge in [0, 0.05) is 56.7 Å². The van der Waals surface area contributed by atoms with Crippen LogP contribution >= 0.6 is 0 Å². The molecule has 2 atom stereocenters. The second kappa shape index (κ2) is 10.3. The van der Waals surface area contributed by atoms with Crippen molar-refractivity contribution < 1.29 is 13.9 Å². The van der Waals surface area contributed by atoms with Crippen LogP contribution in [-0.2, 0) is 9.53 Å². The van der Waals surface area contributed by atoms with Crippen molar-refractivity contribution >= 4 is 22.6 Å². The fourth-order valence-electron chi connectivity index (χ4n) is 4.60. The number of rotatable bonds is 6. The van der Waals surface area contributed by atoms with Crippen molar-refractivity contribution in [1.29, 1.82) is 5.26 Å². The van der Waals surface area contributed by atoms with Gasteiger partial charge in [0.2, 0.25) is 5.91 Å². The van der Waals surface area contributed by atoms with Crippen LogP contribution in [0.3, 0.4) is 0 Å². The van der Waals surface area contributed by atoms with E-state index in [0.717, 1.165) is 23.8 Å². The zero-order chi connectivity index (χ0) is 23.4. The second-order valence-corrected chi connectivity index (χ2v) is 9.02. The van der Waals surface area contributed by atoms with Crippen molar-refractivity contribution in [2.45, 2.75) is 37.4 Å².